The van der Waals surface area contributed by atoms with Crippen molar-refractivity contribution in [2.75, 3.05) is 33.7 Å². The van der Waals surface area contributed by atoms with Gasteiger partial charge < -0.3 is 9.64 Å². The van der Waals surface area contributed by atoms with Gasteiger partial charge in [-0.2, -0.15) is 0 Å². The van der Waals surface area contributed by atoms with Gasteiger partial charge in [-0.25, -0.2) is 0 Å². The van der Waals surface area contributed by atoms with Gasteiger partial charge in [-0.1, -0.05) is 25.7 Å². The Morgan fingerprint density at radius 1 is 1.47 bits per heavy atom. The molecule has 106 valence electrons. The SMILES string of the molecule is CC(C)C(=O)O[C@H]1CCN(CC#CCN(C)C)C1=O. The van der Waals surface area contributed by atoms with E-state index in [0.29, 0.717) is 26.1 Å². The zero-order valence-corrected chi connectivity index (χ0v) is 12.1. The maximum absolute atomic E-state index is 12.0. The highest BCUT2D eigenvalue weighted by molar-refractivity contribution is 5.86. The van der Waals surface area contributed by atoms with Crippen LogP contribution in [0.2, 0.25) is 0 Å². The Hall–Kier alpha value is -1.54. The third-order valence-electron chi connectivity index (χ3n) is 2.77. The third-order valence-corrected chi connectivity index (χ3v) is 2.77. The van der Waals surface area contributed by atoms with Crippen LogP contribution in [0, 0.1) is 17.8 Å². The minimum absolute atomic E-state index is 0.131. The molecular formula is C14H22N2O3. The fourth-order valence-corrected chi connectivity index (χ4v) is 1.62. The van der Waals surface area contributed by atoms with E-state index in [1.54, 1.807) is 18.7 Å². The maximum Gasteiger partial charge on any atom is 0.309 e. The van der Waals surface area contributed by atoms with E-state index < -0.39 is 6.10 Å². The fourth-order valence-electron chi connectivity index (χ4n) is 1.62. The summed E-state index contributed by atoms with van der Waals surface area (Å²) < 4.78 is 5.17. The molecule has 1 amide bonds. The number of likely N-dealkylation sites (tertiary alicyclic amines) is 1. The number of amides is 1. The molecule has 5 nitrogen and oxygen atoms in total. The Labute approximate surface area is 114 Å². The first kappa shape index (κ1) is 15.5. The van der Waals surface area contributed by atoms with Crippen LogP contribution in [0.4, 0.5) is 0 Å². The Balaban J connectivity index is 2.42. The van der Waals surface area contributed by atoms with Crippen LogP contribution in [-0.4, -0.2) is 61.5 Å². The molecule has 1 rings (SSSR count). The summed E-state index contributed by atoms with van der Waals surface area (Å²) >= 11 is 0. The molecule has 0 aromatic rings. The highest BCUT2D eigenvalue weighted by Crippen LogP contribution is 2.15. The van der Waals surface area contributed by atoms with E-state index in [-0.39, 0.29) is 17.8 Å². The van der Waals surface area contributed by atoms with Crippen molar-refractivity contribution in [2.45, 2.75) is 26.4 Å². The molecule has 0 aromatic carbocycles. The van der Waals surface area contributed by atoms with Crippen molar-refractivity contribution < 1.29 is 14.3 Å². The van der Waals surface area contributed by atoms with Gasteiger partial charge in [0.1, 0.15) is 0 Å². The summed E-state index contributed by atoms with van der Waals surface area (Å²) in [4.78, 5) is 27.0. The highest BCUT2D eigenvalue weighted by Gasteiger charge is 2.34. The molecule has 1 atom stereocenters. The van der Waals surface area contributed by atoms with E-state index >= 15 is 0 Å². The number of ether oxygens (including phenoxy) is 1. The topological polar surface area (TPSA) is 49.9 Å². The van der Waals surface area contributed by atoms with E-state index in [1.165, 1.54) is 0 Å². The van der Waals surface area contributed by atoms with Crippen LogP contribution < -0.4 is 0 Å². The Morgan fingerprint density at radius 3 is 2.74 bits per heavy atom. The molecule has 1 aliphatic heterocycles. The first-order chi connectivity index (χ1) is 8.91. The normalized spacial score (nSPS) is 18.7. The van der Waals surface area contributed by atoms with Crippen LogP contribution in [0.5, 0.6) is 0 Å². The van der Waals surface area contributed by atoms with Gasteiger partial charge in [-0.05, 0) is 14.1 Å². The number of nitrogens with zero attached hydrogens (tertiary/aromatic N) is 2. The van der Waals surface area contributed by atoms with Crippen molar-refractivity contribution in [2.24, 2.45) is 5.92 Å². The Kier molecular flexibility index (Phi) is 5.84. The van der Waals surface area contributed by atoms with Crippen molar-refractivity contribution in [3.05, 3.63) is 0 Å². The molecule has 5 heteroatoms. The molecule has 0 aromatic heterocycles. The smallest absolute Gasteiger partial charge is 0.309 e. The van der Waals surface area contributed by atoms with Gasteiger partial charge in [0, 0.05) is 13.0 Å². The number of hydrogen-bond donors (Lipinski definition) is 0. The quantitative estimate of drug-likeness (QED) is 0.544. The largest absolute Gasteiger partial charge is 0.452 e. The van der Waals surface area contributed by atoms with Crippen LogP contribution in [0.25, 0.3) is 0 Å². The number of rotatable bonds is 4. The zero-order chi connectivity index (χ0) is 14.4. The van der Waals surface area contributed by atoms with E-state index in [0.717, 1.165) is 0 Å². The van der Waals surface area contributed by atoms with Gasteiger partial charge in [0.25, 0.3) is 5.91 Å². The monoisotopic (exact) mass is 266 g/mol. The third kappa shape index (κ3) is 4.92. The van der Waals surface area contributed by atoms with Crippen LogP contribution in [0.1, 0.15) is 20.3 Å². The maximum atomic E-state index is 12.0. The average Bonchev–Trinajstić information content (AvgIpc) is 2.66. The first-order valence-corrected chi connectivity index (χ1v) is 6.51. The molecule has 1 aliphatic rings. The van der Waals surface area contributed by atoms with Crippen molar-refractivity contribution in [3.8, 4) is 11.8 Å². The molecule has 0 saturated carbocycles. The van der Waals surface area contributed by atoms with Crippen molar-refractivity contribution in [1.29, 1.82) is 0 Å². The molecule has 0 spiro atoms. The number of hydrogen-bond acceptors (Lipinski definition) is 4. The second-order valence-electron chi connectivity index (χ2n) is 5.22. The molecule has 1 heterocycles. The Bertz CT molecular complexity index is 393. The van der Waals surface area contributed by atoms with Gasteiger partial charge >= 0.3 is 5.97 Å². The van der Waals surface area contributed by atoms with E-state index in [1.807, 2.05) is 19.0 Å². The van der Waals surface area contributed by atoms with E-state index in [4.69, 9.17) is 4.74 Å². The molecule has 1 fully saturated rings. The van der Waals surface area contributed by atoms with Gasteiger partial charge in [0.2, 0.25) is 0 Å². The first-order valence-electron chi connectivity index (χ1n) is 6.51. The molecule has 19 heavy (non-hydrogen) atoms. The van der Waals surface area contributed by atoms with Crippen LogP contribution >= 0.6 is 0 Å². The van der Waals surface area contributed by atoms with Crippen molar-refractivity contribution in [1.82, 2.24) is 9.80 Å². The lowest BCUT2D eigenvalue weighted by Crippen LogP contribution is -2.33. The summed E-state index contributed by atoms with van der Waals surface area (Å²) in [5.74, 6) is 5.28. The lowest BCUT2D eigenvalue weighted by molar-refractivity contribution is -0.158. The molecule has 0 N–H and O–H groups in total. The summed E-state index contributed by atoms with van der Waals surface area (Å²) in [5.41, 5.74) is 0. The number of carbonyl (C=O) groups is 2. The number of carbonyl (C=O) groups excluding carboxylic acids is 2. The zero-order valence-electron chi connectivity index (χ0n) is 12.1. The summed E-state index contributed by atoms with van der Waals surface area (Å²) in [7, 11) is 3.88. The summed E-state index contributed by atoms with van der Waals surface area (Å²) in [5, 5.41) is 0. The second kappa shape index (κ2) is 7.15. The minimum Gasteiger partial charge on any atom is -0.452 e. The van der Waals surface area contributed by atoms with Crippen LogP contribution in [-0.2, 0) is 14.3 Å². The lowest BCUT2D eigenvalue weighted by atomic mass is 10.2. The fraction of sp³-hybridized carbons (Fsp3) is 0.714. The van der Waals surface area contributed by atoms with E-state index in [2.05, 4.69) is 11.8 Å². The predicted octanol–water partition coefficient (Wildman–Crippen LogP) is 0.351. The molecule has 0 aliphatic carbocycles. The molecule has 0 unspecified atom stereocenters. The van der Waals surface area contributed by atoms with Crippen molar-refractivity contribution in [3.63, 3.8) is 0 Å². The summed E-state index contributed by atoms with van der Waals surface area (Å²) in [6.45, 7) is 5.19. The average molecular weight is 266 g/mol. The molecule has 1 saturated heterocycles. The lowest BCUT2D eigenvalue weighted by Gasteiger charge is -2.14. The predicted molar refractivity (Wildman–Crippen MR) is 72.2 cm³/mol. The molecule has 0 bridgehead atoms. The Morgan fingerprint density at radius 2 is 2.16 bits per heavy atom. The van der Waals surface area contributed by atoms with Gasteiger partial charge in [-0.15, -0.1) is 0 Å². The standard InChI is InChI=1S/C14H22N2O3/c1-11(2)14(18)19-12-7-10-16(13(12)17)9-6-5-8-15(3)4/h11-12H,7-10H2,1-4H3/t12-/m0/s1. The van der Waals surface area contributed by atoms with Gasteiger partial charge in [0.05, 0.1) is 19.0 Å². The van der Waals surface area contributed by atoms with Crippen molar-refractivity contribution >= 4 is 11.9 Å². The van der Waals surface area contributed by atoms with Crippen LogP contribution in [0.15, 0.2) is 0 Å². The second-order valence-corrected chi connectivity index (χ2v) is 5.22. The molecular weight excluding hydrogens is 244 g/mol. The summed E-state index contributed by atoms with van der Waals surface area (Å²) in [6.07, 6.45) is -0.0577. The summed E-state index contributed by atoms with van der Waals surface area (Å²) in [6, 6.07) is 0. The van der Waals surface area contributed by atoms with Crippen LogP contribution in [0.3, 0.4) is 0 Å². The van der Waals surface area contributed by atoms with Gasteiger partial charge in [-0.3, -0.25) is 14.5 Å². The van der Waals surface area contributed by atoms with E-state index in [9.17, 15) is 9.59 Å². The van der Waals surface area contributed by atoms with Gasteiger partial charge in [0.15, 0.2) is 6.10 Å². The number of esters is 1. The highest BCUT2D eigenvalue weighted by atomic mass is 16.5. The molecule has 0 radical (unpaired) electrons. The minimum atomic E-state index is -0.620.